The summed E-state index contributed by atoms with van der Waals surface area (Å²) < 4.78 is 5.95. The number of hydrogen-bond donors (Lipinski definition) is 0. The number of rotatable bonds is 2. The maximum absolute atomic E-state index is 13.0. The minimum Gasteiger partial charge on any atom is -0.493 e. The summed E-state index contributed by atoms with van der Waals surface area (Å²) in [5.41, 5.74) is 2.68. The van der Waals surface area contributed by atoms with E-state index in [4.69, 9.17) is 4.74 Å². The van der Waals surface area contributed by atoms with Crippen LogP contribution in [0.5, 0.6) is 5.75 Å². The van der Waals surface area contributed by atoms with Gasteiger partial charge in [0.1, 0.15) is 5.75 Å². The van der Waals surface area contributed by atoms with Crippen LogP contribution in [0.3, 0.4) is 0 Å². The van der Waals surface area contributed by atoms with E-state index in [9.17, 15) is 4.79 Å². The molecule has 1 spiro atoms. The molecule has 0 aliphatic carbocycles. The van der Waals surface area contributed by atoms with Gasteiger partial charge in [0.2, 0.25) is 5.95 Å². The number of aromatic nitrogens is 2. The molecule has 1 aromatic carbocycles. The predicted molar refractivity (Wildman–Crippen MR) is 107 cm³/mol. The molecule has 1 amide bonds. The standard InChI is InChI=1S/C22H26N4O2/c1-16-18(12-23-21(24-16)25-9-5-2-6-10-25)20(27)26-13-22(14-26)11-17-7-3-4-8-19(17)28-15-22/h3-4,7-8,12H,2,5-6,9-11,13-15H2,1H3. The molecule has 0 atom stereocenters. The first-order chi connectivity index (χ1) is 13.6. The van der Waals surface area contributed by atoms with Crippen molar-refractivity contribution in [2.75, 3.05) is 37.7 Å². The summed E-state index contributed by atoms with van der Waals surface area (Å²) in [5.74, 6) is 1.77. The second-order valence-electron chi connectivity index (χ2n) is 8.45. The maximum Gasteiger partial charge on any atom is 0.257 e. The molecular formula is C22H26N4O2. The molecule has 28 heavy (non-hydrogen) atoms. The van der Waals surface area contributed by atoms with Crippen LogP contribution in [0.2, 0.25) is 0 Å². The fourth-order valence-corrected chi connectivity index (χ4v) is 4.67. The van der Waals surface area contributed by atoms with E-state index in [1.165, 1.54) is 24.8 Å². The molecule has 146 valence electrons. The van der Waals surface area contributed by atoms with Crippen molar-refractivity contribution < 1.29 is 9.53 Å². The number of carbonyl (C=O) groups is 1. The van der Waals surface area contributed by atoms with E-state index in [1.54, 1.807) is 6.20 Å². The van der Waals surface area contributed by atoms with Gasteiger partial charge in [-0.1, -0.05) is 18.2 Å². The predicted octanol–water partition coefficient (Wildman–Crippen LogP) is 2.85. The summed E-state index contributed by atoms with van der Waals surface area (Å²) in [6, 6.07) is 8.20. The first kappa shape index (κ1) is 17.5. The van der Waals surface area contributed by atoms with Gasteiger partial charge in [-0.25, -0.2) is 9.97 Å². The number of fused-ring (bicyclic) bond motifs is 1. The summed E-state index contributed by atoms with van der Waals surface area (Å²) in [7, 11) is 0. The van der Waals surface area contributed by atoms with E-state index in [1.807, 2.05) is 30.0 Å². The molecule has 0 saturated carbocycles. The van der Waals surface area contributed by atoms with Crippen molar-refractivity contribution in [2.45, 2.75) is 32.6 Å². The Bertz CT molecular complexity index is 901. The fraction of sp³-hybridized carbons (Fsp3) is 0.500. The molecule has 5 rings (SSSR count). The third-order valence-corrected chi connectivity index (χ3v) is 6.25. The normalized spacial score (nSPS) is 20.3. The number of para-hydroxylation sites is 1. The summed E-state index contributed by atoms with van der Waals surface area (Å²) in [5, 5.41) is 0. The second kappa shape index (κ2) is 6.76. The minimum atomic E-state index is 0.0344. The van der Waals surface area contributed by atoms with Gasteiger partial charge in [0.05, 0.1) is 17.9 Å². The average Bonchev–Trinajstić information content (AvgIpc) is 2.71. The molecule has 4 heterocycles. The Morgan fingerprint density at radius 1 is 1.14 bits per heavy atom. The number of amides is 1. The number of nitrogens with zero attached hydrogens (tertiary/aromatic N) is 4. The molecular weight excluding hydrogens is 352 g/mol. The molecule has 2 fully saturated rings. The van der Waals surface area contributed by atoms with Gasteiger partial charge in [-0.3, -0.25) is 4.79 Å². The molecule has 3 aliphatic rings. The van der Waals surface area contributed by atoms with Crippen LogP contribution in [0.4, 0.5) is 5.95 Å². The average molecular weight is 378 g/mol. The number of ether oxygens (including phenoxy) is 1. The van der Waals surface area contributed by atoms with E-state index in [0.717, 1.165) is 50.0 Å². The minimum absolute atomic E-state index is 0.0344. The van der Waals surface area contributed by atoms with Gasteiger partial charge >= 0.3 is 0 Å². The lowest BCUT2D eigenvalue weighted by molar-refractivity contribution is -0.0291. The number of likely N-dealkylation sites (tertiary alicyclic amines) is 1. The van der Waals surface area contributed by atoms with Crippen molar-refractivity contribution in [1.29, 1.82) is 0 Å². The first-order valence-electron chi connectivity index (χ1n) is 10.2. The summed E-state index contributed by atoms with van der Waals surface area (Å²) in [6.45, 7) is 6.06. The van der Waals surface area contributed by atoms with Crippen LogP contribution in [-0.2, 0) is 6.42 Å². The SMILES string of the molecule is Cc1nc(N2CCCCC2)ncc1C(=O)N1CC2(COc3ccccc3C2)C1. The highest BCUT2D eigenvalue weighted by molar-refractivity contribution is 5.95. The first-order valence-corrected chi connectivity index (χ1v) is 10.2. The third-order valence-electron chi connectivity index (χ3n) is 6.25. The molecule has 0 bridgehead atoms. The maximum atomic E-state index is 13.0. The number of anilines is 1. The Morgan fingerprint density at radius 3 is 2.71 bits per heavy atom. The van der Waals surface area contributed by atoms with E-state index >= 15 is 0 Å². The third kappa shape index (κ3) is 3.01. The fourth-order valence-electron chi connectivity index (χ4n) is 4.67. The zero-order valence-corrected chi connectivity index (χ0v) is 16.4. The van der Waals surface area contributed by atoms with Gasteiger partial charge in [0, 0.05) is 37.8 Å². The van der Waals surface area contributed by atoms with E-state index < -0.39 is 0 Å². The van der Waals surface area contributed by atoms with Gasteiger partial charge in [0.15, 0.2) is 0 Å². The summed E-state index contributed by atoms with van der Waals surface area (Å²) >= 11 is 0. The van der Waals surface area contributed by atoms with Crippen molar-refractivity contribution >= 4 is 11.9 Å². The molecule has 3 aliphatic heterocycles. The Morgan fingerprint density at radius 2 is 1.93 bits per heavy atom. The largest absolute Gasteiger partial charge is 0.493 e. The summed E-state index contributed by atoms with van der Waals surface area (Å²) in [6.07, 6.45) is 6.33. The van der Waals surface area contributed by atoms with Crippen molar-refractivity contribution in [2.24, 2.45) is 5.41 Å². The monoisotopic (exact) mass is 378 g/mol. The van der Waals surface area contributed by atoms with Crippen LogP contribution in [0, 0.1) is 12.3 Å². The Labute approximate surface area is 165 Å². The molecule has 2 aromatic rings. The lowest BCUT2D eigenvalue weighted by atomic mass is 9.73. The lowest BCUT2D eigenvalue weighted by Crippen LogP contribution is -2.62. The van der Waals surface area contributed by atoms with Crippen LogP contribution in [0.15, 0.2) is 30.5 Å². The Hall–Kier alpha value is -2.63. The van der Waals surface area contributed by atoms with Crippen LogP contribution in [0.1, 0.15) is 40.9 Å². The van der Waals surface area contributed by atoms with Gasteiger partial charge in [0.25, 0.3) is 5.91 Å². The highest BCUT2D eigenvalue weighted by atomic mass is 16.5. The van der Waals surface area contributed by atoms with Gasteiger partial charge in [-0.15, -0.1) is 0 Å². The quantitative estimate of drug-likeness (QED) is 0.804. The smallest absolute Gasteiger partial charge is 0.257 e. The van der Waals surface area contributed by atoms with Crippen LogP contribution < -0.4 is 9.64 Å². The zero-order chi connectivity index (χ0) is 19.1. The van der Waals surface area contributed by atoms with Crippen molar-refractivity contribution in [1.82, 2.24) is 14.9 Å². The van der Waals surface area contributed by atoms with E-state index in [2.05, 4.69) is 20.9 Å². The van der Waals surface area contributed by atoms with Crippen molar-refractivity contribution in [3.63, 3.8) is 0 Å². The van der Waals surface area contributed by atoms with Crippen molar-refractivity contribution in [3.05, 3.63) is 47.3 Å². The van der Waals surface area contributed by atoms with Gasteiger partial charge in [-0.05, 0) is 44.2 Å². The van der Waals surface area contributed by atoms with Gasteiger partial charge in [-0.2, -0.15) is 0 Å². The molecule has 0 radical (unpaired) electrons. The van der Waals surface area contributed by atoms with Crippen LogP contribution in [0.25, 0.3) is 0 Å². The van der Waals surface area contributed by atoms with E-state index in [0.29, 0.717) is 12.2 Å². The Kier molecular flexibility index (Phi) is 4.22. The topological polar surface area (TPSA) is 58.6 Å². The molecule has 6 nitrogen and oxygen atoms in total. The lowest BCUT2D eigenvalue weighted by Gasteiger charge is -2.51. The highest BCUT2D eigenvalue weighted by Gasteiger charge is 2.48. The molecule has 1 aromatic heterocycles. The number of carbonyl (C=O) groups excluding carboxylic acids is 1. The van der Waals surface area contributed by atoms with Gasteiger partial charge < -0.3 is 14.5 Å². The number of aryl methyl sites for hydroxylation is 1. The second-order valence-corrected chi connectivity index (χ2v) is 8.45. The van der Waals surface area contributed by atoms with Crippen LogP contribution in [-0.4, -0.2) is 53.6 Å². The van der Waals surface area contributed by atoms with Crippen molar-refractivity contribution in [3.8, 4) is 5.75 Å². The summed E-state index contributed by atoms with van der Waals surface area (Å²) in [4.78, 5) is 26.3. The Balaban J connectivity index is 1.27. The van der Waals surface area contributed by atoms with E-state index in [-0.39, 0.29) is 11.3 Å². The molecule has 6 heteroatoms. The number of benzene rings is 1. The van der Waals surface area contributed by atoms with Crippen LogP contribution >= 0.6 is 0 Å². The number of piperidine rings is 1. The highest BCUT2D eigenvalue weighted by Crippen LogP contribution is 2.41. The molecule has 0 N–H and O–H groups in total. The number of hydrogen-bond acceptors (Lipinski definition) is 5. The zero-order valence-electron chi connectivity index (χ0n) is 16.4. The molecule has 2 saturated heterocycles. The molecule has 0 unspecified atom stereocenters.